The summed E-state index contributed by atoms with van der Waals surface area (Å²) >= 11 is 0. The molecule has 1 aliphatic heterocycles. The second-order valence-electron chi connectivity index (χ2n) is 4.24. The Morgan fingerprint density at radius 2 is 2.23 bits per heavy atom. The monoisotopic (exact) mass is 186 g/mol. The number of nitrogens with one attached hydrogen (secondary N) is 1. The first-order valence-electron chi connectivity index (χ1n) is 5.23. The summed E-state index contributed by atoms with van der Waals surface area (Å²) in [7, 11) is 4.19. The van der Waals surface area contributed by atoms with Gasteiger partial charge >= 0.3 is 0 Å². The molecule has 1 fully saturated rings. The molecule has 0 spiro atoms. The third kappa shape index (κ3) is 3.63. The predicted octanol–water partition coefficient (Wildman–Crippen LogP) is 0.299. The minimum Gasteiger partial charge on any atom is -0.396 e. The van der Waals surface area contributed by atoms with Crippen LogP contribution in [0.5, 0.6) is 0 Å². The van der Waals surface area contributed by atoms with Crippen LogP contribution in [0, 0.1) is 5.92 Å². The largest absolute Gasteiger partial charge is 0.396 e. The molecule has 0 aliphatic carbocycles. The Kier molecular flexibility index (Phi) is 4.70. The smallest absolute Gasteiger partial charge is 0.0474 e. The first kappa shape index (κ1) is 11.0. The summed E-state index contributed by atoms with van der Waals surface area (Å²) in [6.45, 7) is 2.56. The molecule has 0 saturated carbocycles. The highest BCUT2D eigenvalue weighted by atomic mass is 16.3. The van der Waals surface area contributed by atoms with E-state index in [1.165, 1.54) is 12.8 Å². The van der Waals surface area contributed by atoms with E-state index in [0.717, 1.165) is 19.5 Å². The van der Waals surface area contributed by atoms with E-state index in [0.29, 0.717) is 18.6 Å². The van der Waals surface area contributed by atoms with Gasteiger partial charge in [-0.1, -0.05) is 0 Å². The minimum absolute atomic E-state index is 0.338. The first-order chi connectivity index (χ1) is 6.24. The van der Waals surface area contributed by atoms with Gasteiger partial charge in [-0.05, 0) is 52.4 Å². The lowest BCUT2D eigenvalue weighted by Crippen LogP contribution is -2.44. The number of hydrogen-bond acceptors (Lipinski definition) is 3. The van der Waals surface area contributed by atoms with Crippen molar-refractivity contribution >= 4 is 0 Å². The SMILES string of the molecule is CN(C)CCC1NCCCC1CO. The van der Waals surface area contributed by atoms with Crippen LogP contribution in [0.2, 0.25) is 0 Å². The topological polar surface area (TPSA) is 35.5 Å². The molecule has 1 rings (SSSR count). The van der Waals surface area contributed by atoms with E-state index in [1.54, 1.807) is 0 Å². The van der Waals surface area contributed by atoms with E-state index in [-0.39, 0.29) is 0 Å². The van der Waals surface area contributed by atoms with Crippen LogP contribution in [0.15, 0.2) is 0 Å². The molecule has 0 aromatic heterocycles. The van der Waals surface area contributed by atoms with Crippen LogP contribution in [-0.4, -0.2) is 49.8 Å². The van der Waals surface area contributed by atoms with Crippen molar-refractivity contribution in [3.63, 3.8) is 0 Å². The van der Waals surface area contributed by atoms with Crippen molar-refractivity contribution < 1.29 is 5.11 Å². The number of piperidine rings is 1. The molecule has 3 nitrogen and oxygen atoms in total. The maximum atomic E-state index is 9.17. The van der Waals surface area contributed by atoms with Gasteiger partial charge in [-0.3, -0.25) is 0 Å². The lowest BCUT2D eigenvalue weighted by molar-refractivity contribution is 0.149. The van der Waals surface area contributed by atoms with Gasteiger partial charge in [0, 0.05) is 12.6 Å². The molecule has 0 aromatic carbocycles. The molecular weight excluding hydrogens is 164 g/mol. The number of nitrogens with zero attached hydrogens (tertiary/aromatic N) is 1. The van der Waals surface area contributed by atoms with Gasteiger partial charge in [-0.2, -0.15) is 0 Å². The van der Waals surface area contributed by atoms with Crippen molar-refractivity contribution in [2.45, 2.75) is 25.3 Å². The average Bonchev–Trinajstić information content (AvgIpc) is 2.15. The van der Waals surface area contributed by atoms with E-state index in [4.69, 9.17) is 0 Å². The average molecular weight is 186 g/mol. The zero-order chi connectivity index (χ0) is 9.68. The summed E-state index contributed by atoms with van der Waals surface area (Å²) in [6.07, 6.45) is 3.55. The van der Waals surface area contributed by atoms with E-state index >= 15 is 0 Å². The molecule has 1 aliphatic rings. The summed E-state index contributed by atoms with van der Waals surface area (Å²) < 4.78 is 0. The maximum Gasteiger partial charge on any atom is 0.0474 e. The number of rotatable bonds is 4. The van der Waals surface area contributed by atoms with Crippen molar-refractivity contribution in [1.82, 2.24) is 10.2 Å². The molecule has 0 aromatic rings. The Labute approximate surface area is 81.1 Å². The first-order valence-corrected chi connectivity index (χ1v) is 5.23. The molecule has 0 bridgehead atoms. The van der Waals surface area contributed by atoms with Crippen molar-refractivity contribution in [3.8, 4) is 0 Å². The highest BCUT2D eigenvalue weighted by Gasteiger charge is 2.23. The molecule has 0 amide bonds. The Bertz CT molecular complexity index is 139. The normalized spacial score (nSPS) is 29.5. The lowest BCUT2D eigenvalue weighted by Gasteiger charge is -2.32. The van der Waals surface area contributed by atoms with Gasteiger partial charge in [0.15, 0.2) is 0 Å². The van der Waals surface area contributed by atoms with Crippen LogP contribution < -0.4 is 5.32 Å². The summed E-state index contributed by atoms with van der Waals surface area (Å²) in [5, 5.41) is 12.7. The molecule has 2 atom stereocenters. The molecule has 1 saturated heterocycles. The zero-order valence-electron chi connectivity index (χ0n) is 8.79. The molecule has 3 heteroatoms. The fraction of sp³-hybridized carbons (Fsp3) is 1.00. The summed E-state index contributed by atoms with van der Waals surface area (Å²) in [5.41, 5.74) is 0. The quantitative estimate of drug-likeness (QED) is 0.663. The molecule has 2 unspecified atom stereocenters. The van der Waals surface area contributed by atoms with Crippen LogP contribution in [-0.2, 0) is 0 Å². The van der Waals surface area contributed by atoms with E-state index in [2.05, 4.69) is 24.3 Å². The maximum absolute atomic E-state index is 9.17. The van der Waals surface area contributed by atoms with Gasteiger partial charge in [-0.15, -0.1) is 0 Å². The van der Waals surface area contributed by atoms with Crippen LogP contribution in [0.4, 0.5) is 0 Å². The summed E-state index contributed by atoms with van der Waals surface area (Å²) in [6, 6.07) is 0.529. The highest BCUT2D eigenvalue weighted by molar-refractivity contribution is 4.81. The molecule has 13 heavy (non-hydrogen) atoms. The second-order valence-corrected chi connectivity index (χ2v) is 4.24. The van der Waals surface area contributed by atoms with E-state index in [9.17, 15) is 5.11 Å². The van der Waals surface area contributed by atoms with Gasteiger partial charge in [0.1, 0.15) is 0 Å². The Morgan fingerprint density at radius 1 is 1.46 bits per heavy atom. The Hall–Kier alpha value is -0.120. The van der Waals surface area contributed by atoms with Gasteiger partial charge in [-0.25, -0.2) is 0 Å². The third-order valence-electron chi connectivity index (χ3n) is 2.85. The van der Waals surface area contributed by atoms with E-state index < -0.39 is 0 Å². The van der Waals surface area contributed by atoms with Gasteiger partial charge in [0.05, 0.1) is 0 Å². The Morgan fingerprint density at radius 3 is 2.85 bits per heavy atom. The molecule has 1 heterocycles. The highest BCUT2D eigenvalue weighted by Crippen LogP contribution is 2.18. The van der Waals surface area contributed by atoms with Crippen molar-refractivity contribution in [2.75, 3.05) is 33.8 Å². The number of aliphatic hydroxyl groups excluding tert-OH is 1. The molecular formula is C10H22N2O. The van der Waals surface area contributed by atoms with E-state index in [1.807, 2.05) is 0 Å². The second kappa shape index (κ2) is 5.58. The van der Waals surface area contributed by atoms with Crippen LogP contribution in [0.25, 0.3) is 0 Å². The molecule has 78 valence electrons. The zero-order valence-corrected chi connectivity index (χ0v) is 8.79. The van der Waals surface area contributed by atoms with Gasteiger partial charge in [0.2, 0.25) is 0 Å². The van der Waals surface area contributed by atoms with Crippen LogP contribution >= 0.6 is 0 Å². The predicted molar refractivity (Wildman–Crippen MR) is 54.8 cm³/mol. The van der Waals surface area contributed by atoms with Gasteiger partial charge < -0.3 is 15.3 Å². The summed E-state index contributed by atoms with van der Waals surface area (Å²) in [5.74, 6) is 0.480. The molecule has 0 radical (unpaired) electrons. The third-order valence-corrected chi connectivity index (χ3v) is 2.85. The summed E-state index contributed by atoms with van der Waals surface area (Å²) in [4.78, 5) is 2.20. The van der Waals surface area contributed by atoms with Crippen molar-refractivity contribution in [1.29, 1.82) is 0 Å². The van der Waals surface area contributed by atoms with Crippen molar-refractivity contribution in [3.05, 3.63) is 0 Å². The number of hydrogen-bond donors (Lipinski definition) is 2. The van der Waals surface area contributed by atoms with Crippen molar-refractivity contribution in [2.24, 2.45) is 5.92 Å². The Balaban J connectivity index is 2.27. The molecule has 2 N–H and O–H groups in total. The minimum atomic E-state index is 0.338. The van der Waals surface area contributed by atoms with Gasteiger partial charge in [0.25, 0.3) is 0 Å². The van der Waals surface area contributed by atoms with Crippen LogP contribution in [0.3, 0.4) is 0 Å². The fourth-order valence-corrected chi connectivity index (χ4v) is 1.97. The van der Waals surface area contributed by atoms with Crippen LogP contribution in [0.1, 0.15) is 19.3 Å². The standard InChI is InChI=1S/C10H22N2O/c1-12(2)7-5-10-9(8-13)4-3-6-11-10/h9-11,13H,3-8H2,1-2H3. The number of aliphatic hydroxyl groups is 1. The lowest BCUT2D eigenvalue weighted by atomic mass is 9.89. The fourth-order valence-electron chi connectivity index (χ4n) is 1.97.